The molecular weight excluding hydrogens is 185 g/mol. The van der Waals surface area contributed by atoms with E-state index in [-0.39, 0.29) is 16.5 Å². The van der Waals surface area contributed by atoms with Gasteiger partial charge in [0.05, 0.1) is 0 Å². The molecule has 0 fully saturated rings. The first-order chi connectivity index (χ1) is 2.91. The molecule has 0 saturated carbocycles. The van der Waals surface area contributed by atoms with Gasteiger partial charge in [0.1, 0.15) is 0 Å². The van der Waals surface area contributed by atoms with Crippen LogP contribution in [0.15, 0.2) is 12.7 Å². The van der Waals surface area contributed by atoms with Crippen LogP contribution in [0, 0.1) is 0 Å². The van der Waals surface area contributed by atoms with Crippen LogP contribution >= 0.6 is 0 Å². The summed E-state index contributed by atoms with van der Waals surface area (Å²) in [4.78, 5) is 8.93. The van der Waals surface area contributed by atoms with Crippen molar-refractivity contribution in [3.63, 3.8) is 0 Å². The molecule has 0 saturated heterocycles. The molecule has 0 spiro atoms. The van der Waals surface area contributed by atoms with E-state index in [0.717, 1.165) is 6.08 Å². The molecule has 7 heavy (non-hydrogen) atoms. The second kappa shape index (κ2) is 34.7. The molecule has 0 aromatic carbocycles. The van der Waals surface area contributed by atoms with Crippen molar-refractivity contribution in [1.29, 1.82) is 0 Å². The zero-order chi connectivity index (χ0) is 5.41. The SMILES string of the molecule is C=C[C-]=O.[Ni].[O]=[Ni]. The standard InChI is InChI=1S/C3H3O.2Ni.O/c1-2-3-4;;;/h2H,1H2;;;/q-1;;;. The molecule has 0 aliphatic rings. The average molecular weight is 188 g/mol. The third-order valence-corrected chi connectivity index (χ3v) is 0.0833. The third-order valence-electron chi connectivity index (χ3n) is 0.0833. The second-order valence-corrected chi connectivity index (χ2v) is 0.322. The van der Waals surface area contributed by atoms with Crippen LogP contribution in [0.25, 0.3) is 0 Å². The van der Waals surface area contributed by atoms with E-state index in [1.807, 2.05) is 0 Å². The van der Waals surface area contributed by atoms with E-state index in [1.165, 1.54) is 6.29 Å². The van der Waals surface area contributed by atoms with Crippen LogP contribution in [0.5, 0.6) is 0 Å². The van der Waals surface area contributed by atoms with E-state index in [9.17, 15) is 0 Å². The first kappa shape index (κ1) is 15.7. The second-order valence-electron chi connectivity index (χ2n) is 0.322. The quantitative estimate of drug-likeness (QED) is 0.334. The van der Waals surface area contributed by atoms with E-state index in [2.05, 4.69) is 22.0 Å². The van der Waals surface area contributed by atoms with Gasteiger partial charge in [-0.2, -0.15) is 0 Å². The molecule has 48 valence electrons. The van der Waals surface area contributed by atoms with Gasteiger partial charge in [0.15, 0.2) is 0 Å². The van der Waals surface area contributed by atoms with Crippen molar-refractivity contribution >= 4 is 6.29 Å². The van der Waals surface area contributed by atoms with Gasteiger partial charge in [-0.1, -0.05) is 0 Å². The predicted octanol–water partition coefficient (Wildman–Crippen LogP) is 0.158. The molecule has 0 rings (SSSR count). The fourth-order valence-electron chi connectivity index (χ4n) is 0. The molecule has 2 nitrogen and oxygen atoms in total. The summed E-state index contributed by atoms with van der Waals surface area (Å²) in [5.74, 6) is 0. The van der Waals surface area contributed by atoms with E-state index in [0.29, 0.717) is 0 Å². The Labute approximate surface area is 59.8 Å². The Hall–Kier alpha value is 0.197. The van der Waals surface area contributed by atoms with Gasteiger partial charge in [0, 0.05) is 16.5 Å². The Bertz CT molecular complexity index is 40.2. The number of rotatable bonds is 1. The summed E-state index contributed by atoms with van der Waals surface area (Å²) in [6, 6.07) is 0. The van der Waals surface area contributed by atoms with Gasteiger partial charge in [-0.05, 0) is 6.29 Å². The zero-order valence-corrected chi connectivity index (χ0v) is 5.21. The Morgan fingerprint density at radius 1 is 1.57 bits per heavy atom. The molecule has 0 aromatic rings. The van der Waals surface area contributed by atoms with Gasteiger partial charge in [0.2, 0.25) is 0 Å². The number of allylic oxidation sites excluding steroid dienone is 1. The Kier molecular flexibility index (Phi) is 77.7. The molecule has 0 aliphatic heterocycles. The summed E-state index contributed by atoms with van der Waals surface area (Å²) in [6.45, 7) is 3.06. The van der Waals surface area contributed by atoms with Crippen LogP contribution < -0.4 is 0 Å². The average Bonchev–Trinajstić information content (AvgIpc) is 1.72. The van der Waals surface area contributed by atoms with Crippen molar-refractivity contribution in [3.8, 4) is 0 Å². The Balaban J connectivity index is -0.0000000480. The fraction of sp³-hybridized carbons (Fsp3) is 0. The van der Waals surface area contributed by atoms with Crippen LogP contribution in [-0.4, -0.2) is 6.29 Å². The van der Waals surface area contributed by atoms with E-state index in [4.69, 9.17) is 8.69 Å². The van der Waals surface area contributed by atoms with Crippen molar-refractivity contribution in [2.75, 3.05) is 0 Å². The maximum absolute atomic E-state index is 8.93. The Morgan fingerprint density at radius 2 is 1.71 bits per heavy atom. The predicted molar refractivity (Wildman–Crippen MR) is 16.6 cm³/mol. The molecular formula is C3H3Ni2O2-. The number of hydrogen-bond acceptors (Lipinski definition) is 2. The van der Waals surface area contributed by atoms with Gasteiger partial charge >= 0.3 is 19.3 Å². The van der Waals surface area contributed by atoms with Gasteiger partial charge in [-0.3, -0.25) is 0 Å². The molecule has 0 atom stereocenters. The molecule has 0 amide bonds. The van der Waals surface area contributed by atoms with Crippen LogP contribution in [0.3, 0.4) is 0 Å². The van der Waals surface area contributed by atoms with Crippen molar-refractivity contribution in [2.45, 2.75) is 0 Å². The third kappa shape index (κ3) is 76.2. The van der Waals surface area contributed by atoms with E-state index >= 15 is 0 Å². The topological polar surface area (TPSA) is 34.1 Å². The minimum atomic E-state index is 0. The number of hydrogen-bond donors (Lipinski definition) is 0. The first-order valence-corrected chi connectivity index (χ1v) is 1.43. The van der Waals surface area contributed by atoms with Crippen molar-refractivity contribution in [2.24, 2.45) is 0 Å². The molecule has 0 aliphatic carbocycles. The van der Waals surface area contributed by atoms with Crippen LogP contribution in [0.4, 0.5) is 0 Å². The summed E-state index contributed by atoms with van der Waals surface area (Å²) in [6.07, 6.45) is 2.51. The van der Waals surface area contributed by atoms with Crippen molar-refractivity contribution in [3.05, 3.63) is 12.7 Å². The first-order valence-electron chi connectivity index (χ1n) is 1.03. The van der Waals surface area contributed by atoms with Crippen molar-refractivity contribution in [1.82, 2.24) is 0 Å². The molecule has 4 heteroatoms. The monoisotopic (exact) mass is 187 g/mol. The van der Waals surface area contributed by atoms with Gasteiger partial charge in [-0.15, -0.1) is 0 Å². The molecule has 0 bridgehead atoms. The van der Waals surface area contributed by atoms with Gasteiger partial charge < -0.3 is 4.79 Å². The van der Waals surface area contributed by atoms with E-state index in [1.54, 1.807) is 0 Å². The molecule has 0 unspecified atom stereocenters. The molecule has 0 radical (unpaired) electrons. The molecule has 0 N–H and O–H groups in total. The summed E-state index contributed by atoms with van der Waals surface area (Å²) < 4.78 is 7.88. The van der Waals surface area contributed by atoms with Crippen LogP contribution in [0.2, 0.25) is 0 Å². The summed E-state index contributed by atoms with van der Waals surface area (Å²) >= 11 is 2.62. The fourth-order valence-corrected chi connectivity index (χ4v) is 0. The minimum absolute atomic E-state index is 0. The maximum atomic E-state index is 8.93. The van der Waals surface area contributed by atoms with Crippen molar-refractivity contribution < 1.29 is 40.6 Å². The molecule has 0 aromatic heterocycles. The van der Waals surface area contributed by atoms with Gasteiger partial charge in [0.25, 0.3) is 0 Å². The zero-order valence-electron chi connectivity index (χ0n) is 3.23. The summed E-state index contributed by atoms with van der Waals surface area (Å²) in [5, 5.41) is 0. The van der Waals surface area contributed by atoms with Crippen LogP contribution in [-0.2, 0) is 40.6 Å². The summed E-state index contributed by atoms with van der Waals surface area (Å²) in [5.41, 5.74) is 0. The van der Waals surface area contributed by atoms with Gasteiger partial charge in [-0.25, -0.2) is 12.7 Å². The number of carbonyl (C=O) groups excluding carboxylic acids is 1. The normalized spacial score (nSPS) is 3.71. The summed E-state index contributed by atoms with van der Waals surface area (Å²) in [7, 11) is 0. The Morgan fingerprint density at radius 3 is 1.71 bits per heavy atom. The molecule has 0 heterocycles. The van der Waals surface area contributed by atoms with E-state index < -0.39 is 0 Å². The van der Waals surface area contributed by atoms with Crippen LogP contribution in [0.1, 0.15) is 0 Å².